The van der Waals surface area contributed by atoms with Crippen molar-refractivity contribution in [2.45, 2.75) is 32.8 Å². The number of hydrogen-bond donors (Lipinski definition) is 1. The second kappa shape index (κ2) is 8.04. The lowest BCUT2D eigenvalue weighted by molar-refractivity contribution is -0.0834. The number of rotatable bonds is 5. The van der Waals surface area contributed by atoms with E-state index in [0.717, 1.165) is 16.9 Å². The van der Waals surface area contributed by atoms with Gasteiger partial charge in [0.05, 0.1) is 0 Å². The molecule has 1 N–H and O–H groups in total. The van der Waals surface area contributed by atoms with E-state index >= 15 is 0 Å². The van der Waals surface area contributed by atoms with Crippen molar-refractivity contribution >= 4 is 22.6 Å². The molecule has 0 amide bonds. The fourth-order valence-electron chi connectivity index (χ4n) is 2.36. The summed E-state index contributed by atoms with van der Waals surface area (Å²) in [6.07, 6.45) is 0.382. The van der Waals surface area contributed by atoms with Crippen molar-refractivity contribution in [3.63, 3.8) is 0 Å². The van der Waals surface area contributed by atoms with Crippen LogP contribution in [0.1, 0.15) is 27.2 Å². The summed E-state index contributed by atoms with van der Waals surface area (Å²) in [7, 11) is 0. The van der Waals surface area contributed by atoms with Crippen LogP contribution in [0, 0.1) is 15.3 Å². The average Bonchev–Trinajstić information content (AvgIpc) is 2.58. The van der Waals surface area contributed by atoms with Gasteiger partial charge >= 0.3 is 0 Å². The van der Waals surface area contributed by atoms with Gasteiger partial charge in [0.15, 0.2) is 0 Å². The van der Waals surface area contributed by atoms with Gasteiger partial charge in [-0.1, -0.05) is 75.2 Å². The molecule has 1 unspecified atom stereocenters. The van der Waals surface area contributed by atoms with Crippen LogP contribution in [0.4, 0.5) is 0 Å². The lowest BCUT2D eigenvalue weighted by Crippen LogP contribution is -2.47. The smallest absolute Gasteiger partial charge is 0.127 e. The van der Waals surface area contributed by atoms with E-state index in [-0.39, 0.29) is 12.0 Å². The van der Waals surface area contributed by atoms with Gasteiger partial charge < -0.3 is 9.84 Å². The van der Waals surface area contributed by atoms with Crippen molar-refractivity contribution in [3.8, 4) is 26.7 Å². The highest BCUT2D eigenvalue weighted by Crippen LogP contribution is 2.36. The van der Waals surface area contributed by atoms with E-state index < -0.39 is 5.60 Å². The van der Waals surface area contributed by atoms with Gasteiger partial charge in [-0.25, -0.2) is 0 Å². The molecule has 0 spiro atoms. The van der Waals surface area contributed by atoms with Crippen LogP contribution in [0.15, 0.2) is 54.6 Å². The second-order valence-electron chi connectivity index (χ2n) is 6.88. The maximum Gasteiger partial charge on any atom is 0.127 e. The van der Waals surface area contributed by atoms with Crippen molar-refractivity contribution in [2.75, 3.05) is 6.61 Å². The van der Waals surface area contributed by atoms with Gasteiger partial charge in [-0.15, -0.1) is 0 Å². The van der Waals surface area contributed by atoms with E-state index in [1.165, 1.54) is 0 Å². The third-order valence-electron chi connectivity index (χ3n) is 4.28. The molecule has 0 aliphatic carbocycles. The van der Waals surface area contributed by atoms with Crippen LogP contribution < -0.4 is 4.74 Å². The first-order valence-electron chi connectivity index (χ1n) is 7.95. The Morgan fingerprint density at radius 1 is 1.00 bits per heavy atom. The highest BCUT2D eigenvalue weighted by atomic mass is 127. The predicted molar refractivity (Wildman–Crippen MR) is 108 cm³/mol. The molecular weight excluding hydrogens is 411 g/mol. The minimum atomic E-state index is -1.02. The van der Waals surface area contributed by atoms with Crippen LogP contribution in [0.2, 0.25) is 0 Å². The average molecular weight is 434 g/mol. The first-order chi connectivity index (χ1) is 11.4. The topological polar surface area (TPSA) is 29.5 Å². The molecule has 0 aromatic heterocycles. The molecule has 2 aromatic rings. The summed E-state index contributed by atoms with van der Waals surface area (Å²) in [5.41, 5.74) is 0.762. The zero-order chi connectivity index (χ0) is 17.6. The van der Waals surface area contributed by atoms with E-state index in [1.807, 2.05) is 85.8 Å². The summed E-state index contributed by atoms with van der Waals surface area (Å²) in [6, 6.07) is 18.0. The third kappa shape index (κ3) is 4.52. The van der Waals surface area contributed by atoms with E-state index in [2.05, 4.69) is 22.0 Å². The molecule has 0 saturated carbocycles. The van der Waals surface area contributed by atoms with Crippen LogP contribution in [0.3, 0.4) is 0 Å². The quantitative estimate of drug-likeness (QED) is 0.512. The SMILES string of the molecule is CC(C)(C)C(O)(CC#CI)COc1ccccc1-c1ccccc1. The second-order valence-corrected chi connectivity index (χ2v) is 7.42. The van der Waals surface area contributed by atoms with Gasteiger partial charge in [0, 0.05) is 34.6 Å². The Bertz CT molecular complexity index is 723. The molecule has 24 heavy (non-hydrogen) atoms. The van der Waals surface area contributed by atoms with Crippen LogP contribution in [0.25, 0.3) is 11.1 Å². The van der Waals surface area contributed by atoms with Gasteiger partial charge in [-0.2, -0.15) is 0 Å². The van der Waals surface area contributed by atoms with Crippen molar-refractivity contribution < 1.29 is 9.84 Å². The van der Waals surface area contributed by atoms with Crippen molar-refractivity contribution in [3.05, 3.63) is 54.6 Å². The minimum Gasteiger partial charge on any atom is -0.490 e. The summed E-state index contributed by atoms with van der Waals surface area (Å²) in [5.74, 6) is 3.76. The van der Waals surface area contributed by atoms with Crippen molar-refractivity contribution in [1.29, 1.82) is 0 Å². The van der Waals surface area contributed by atoms with Gasteiger partial charge in [-0.3, -0.25) is 0 Å². The van der Waals surface area contributed by atoms with Gasteiger partial charge in [0.1, 0.15) is 18.0 Å². The number of aliphatic hydroxyl groups is 1. The summed E-state index contributed by atoms with van der Waals surface area (Å²) in [5, 5.41) is 11.1. The molecule has 2 nitrogen and oxygen atoms in total. The number of hydrogen-bond acceptors (Lipinski definition) is 2. The number of benzene rings is 2. The minimum absolute atomic E-state index is 0.200. The number of ether oxygens (including phenoxy) is 1. The van der Waals surface area contributed by atoms with Gasteiger partial charge in [0.25, 0.3) is 0 Å². The first kappa shape index (κ1) is 18.8. The highest BCUT2D eigenvalue weighted by molar-refractivity contribution is 14.1. The summed E-state index contributed by atoms with van der Waals surface area (Å²) in [4.78, 5) is 0. The molecule has 2 rings (SSSR count). The summed E-state index contributed by atoms with van der Waals surface area (Å²) < 4.78 is 8.90. The standard InChI is InChI=1S/C21H23IO2/c1-20(2,3)21(23,14-9-15-22)16-24-19-13-8-7-12-18(19)17-10-5-4-6-11-17/h4-8,10-13,23H,14,16H2,1-3H3. The Labute approximate surface area is 158 Å². The Morgan fingerprint density at radius 2 is 1.62 bits per heavy atom. The van der Waals surface area contributed by atoms with Crippen molar-refractivity contribution in [2.24, 2.45) is 5.41 Å². The maximum absolute atomic E-state index is 11.1. The Morgan fingerprint density at radius 3 is 2.25 bits per heavy atom. The Hall–Kier alpha value is -1.51. The highest BCUT2D eigenvalue weighted by Gasteiger charge is 2.40. The predicted octanol–water partition coefficient (Wildman–Crippen LogP) is 5.30. The maximum atomic E-state index is 11.1. The molecule has 0 saturated heterocycles. The zero-order valence-corrected chi connectivity index (χ0v) is 16.5. The molecule has 0 radical (unpaired) electrons. The Balaban J connectivity index is 2.26. The number of para-hydroxylation sites is 1. The first-order valence-corrected chi connectivity index (χ1v) is 9.03. The zero-order valence-electron chi connectivity index (χ0n) is 14.3. The molecule has 2 aromatic carbocycles. The molecule has 0 aliphatic heterocycles. The van der Waals surface area contributed by atoms with Crippen molar-refractivity contribution in [1.82, 2.24) is 0 Å². The summed E-state index contributed by atoms with van der Waals surface area (Å²) >= 11 is 2.00. The fourth-order valence-corrected chi connectivity index (χ4v) is 2.55. The monoisotopic (exact) mass is 434 g/mol. The van der Waals surface area contributed by atoms with Crippen LogP contribution in [0.5, 0.6) is 5.75 Å². The van der Waals surface area contributed by atoms with Crippen LogP contribution in [-0.4, -0.2) is 17.3 Å². The van der Waals surface area contributed by atoms with E-state index in [4.69, 9.17) is 4.74 Å². The molecule has 0 bridgehead atoms. The molecule has 0 heterocycles. The molecule has 3 heteroatoms. The fraction of sp³-hybridized carbons (Fsp3) is 0.333. The lowest BCUT2D eigenvalue weighted by atomic mass is 9.75. The Kier molecular flexibility index (Phi) is 6.31. The van der Waals surface area contributed by atoms with Gasteiger partial charge in [-0.05, 0) is 21.0 Å². The van der Waals surface area contributed by atoms with Crippen LogP contribution >= 0.6 is 22.6 Å². The van der Waals surface area contributed by atoms with E-state index in [1.54, 1.807) is 0 Å². The third-order valence-corrected chi connectivity index (χ3v) is 4.66. The van der Waals surface area contributed by atoms with Gasteiger partial charge in [0.2, 0.25) is 0 Å². The lowest BCUT2D eigenvalue weighted by Gasteiger charge is -2.38. The summed E-state index contributed by atoms with van der Waals surface area (Å²) in [6.45, 7) is 6.22. The van der Waals surface area contributed by atoms with E-state index in [9.17, 15) is 5.11 Å². The molecular formula is C21H23IO2. The number of halogens is 1. The molecule has 126 valence electrons. The molecule has 0 aliphatic rings. The normalized spacial score (nSPS) is 13.5. The van der Waals surface area contributed by atoms with Crippen LogP contribution in [-0.2, 0) is 0 Å². The largest absolute Gasteiger partial charge is 0.490 e. The molecule has 0 fully saturated rings. The molecule has 1 atom stereocenters. The van der Waals surface area contributed by atoms with E-state index in [0.29, 0.717) is 6.42 Å².